The monoisotopic (exact) mass is 541 g/mol. The van der Waals surface area contributed by atoms with Gasteiger partial charge in [0.25, 0.3) is 0 Å². The van der Waals surface area contributed by atoms with Crippen molar-refractivity contribution in [2.75, 3.05) is 13.2 Å². The zero-order valence-corrected chi connectivity index (χ0v) is 22.9. The Morgan fingerprint density at radius 1 is 1.05 bits per heavy atom. The molecule has 7 rings (SSSR count). The fourth-order valence-electron chi connectivity index (χ4n) is 6.72. The molecule has 7 heterocycles. The molecule has 0 aliphatic carbocycles. The minimum atomic E-state index is -0.428. The van der Waals surface area contributed by atoms with Crippen molar-refractivity contribution >= 4 is 5.65 Å². The Morgan fingerprint density at radius 3 is 2.52 bits per heavy atom. The van der Waals surface area contributed by atoms with Gasteiger partial charge in [0.1, 0.15) is 29.0 Å². The van der Waals surface area contributed by atoms with Crippen LogP contribution in [-0.4, -0.2) is 65.6 Å². The Morgan fingerprint density at radius 2 is 1.85 bits per heavy atom. The predicted octanol–water partition coefficient (Wildman–Crippen LogP) is 4.51. The average molecular weight is 542 g/mol. The molecule has 4 aromatic rings. The number of rotatable bonds is 6. The molecule has 4 aromatic heterocycles. The van der Waals surface area contributed by atoms with E-state index in [0.717, 1.165) is 48.7 Å². The van der Waals surface area contributed by atoms with Gasteiger partial charge in [-0.05, 0) is 70.6 Å². The van der Waals surface area contributed by atoms with Crippen molar-refractivity contribution in [1.29, 1.82) is 0 Å². The molecule has 0 N–H and O–H groups in total. The van der Waals surface area contributed by atoms with Crippen LogP contribution in [0.15, 0.2) is 36.7 Å². The Labute approximate surface area is 232 Å². The van der Waals surface area contributed by atoms with E-state index < -0.39 is 6.10 Å². The van der Waals surface area contributed by atoms with Crippen LogP contribution >= 0.6 is 0 Å². The SMILES string of the molecule is CC#Cc1cnc2cc(-c3nnn(C4CC5CCC(C4)N5C4COC4)c3C)cc(OC(C)c3ccc(F)cn3)n12. The summed E-state index contributed by atoms with van der Waals surface area (Å²) in [5, 5.41) is 9.32. The van der Waals surface area contributed by atoms with Gasteiger partial charge in [-0.2, -0.15) is 0 Å². The van der Waals surface area contributed by atoms with E-state index in [1.165, 1.54) is 25.1 Å². The van der Waals surface area contributed by atoms with Gasteiger partial charge in [-0.1, -0.05) is 11.1 Å². The summed E-state index contributed by atoms with van der Waals surface area (Å²) in [7, 11) is 0. The van der Waals surface area contributed by atoms with Gasteiger partial charge in [0.05, 0.1) is 49.1 Å². The molecule has 3 aliphatic heterocycles. The normalized spacial score (nSPS) is 23.6. The van der Waals surface area contributed by atoms with Gasteiger partial charge in [-0.25, -0.2) is 14.1 Å². The summed E-state index contributed by atoms with van der Waals surface area (Å²) in [4.78, 5) is 11.5. The molecule has 40 heavy (non-hydrogen) atoms. The van der Waals surface area contributed by atoms with Crippen LogP contribution in [0.3, 0.4) is 0 Å². The second-order valence-electron chi connectivity index (χ2n) is 11.1. The highest BCUT2D eigenvalue weighted by atomic mass is 19.1. The fourth-order valence-corrected chi connectivity index (χ4v) is 6.72. The van der Waals surface area contributed by atoms with Crippen molar-refractivity contribution in [3.8, 4) is 29.0 Å². The molecule has 0 saturated carbocycles. The number of halogens is 1. The first-order valence-electron chi connectivity index (χ1n) is 14.0. The largest absolute Gasteiger partial charge is 0.469 e. The summed E-state index contributed by atoms with van der Waals surface area (Å²) in [6.07, 6.45) is 7.19. The third kappa shape index (κ3) is 4.25. The van der Waals surface area contributed by atoms with Gasteiger partial charge < -0.3 is 9.47 Å². The summed E-state index contributed by atoms with van der Waals surface area (Å²) in [6, 6.07) is 9.07. The second kappa shape index (κ2) is 9.98. The Bertz CT molecular complexity index is 1600. The molecule has 9 nitrogen and oxygen atoms in total. The smallest absolute Gasteiger partial charge is 0.201 e. The van der Waals surface area contributed by atoms with Gasteiger partial charge >= 0.3 is 0 Å². The quantitative estimate of drug-likeness (QED) is 0.332. The lowest BCUT2D eigenvalue weighted by Gasteiger charge is -2.46. The number of piperidine rings is 1. The highest BCUT2D eigenvalue weighted by Crippen LogP contribution is 2.43. The van der Waals surface area contributed by atoms with Crippen LogP contribution in [0.1, 0.15) is 68.8 Å². The standard InChI is InChI=1S/C30H32FN7O2/c1-4-5-24-15-33-28-10-20(11-29(37(24)28)40-19(3)27-9-6-21(31)14-32-27)30-18(2)38(35-34-30)25-12-22-7-8-23(13-25)36(22)26-16-39-17-26/h6,9-11,14-15,19,22-23,25-26H,7-8,12-13,16-17H2,1-3H3. The third-order valence-corrected chi connectivity index (χ3v) is 8.64. The molecule has 10 heteroatoms. The molecule has 0 spiro atoms. The lowest BCUT2D eigenvalue weighted by molar-refractivity contribution is -0.0960. The van der Waals surface area contributed by atoms with Crippen molar-refractivity contribution in [1.82, 2.24) is 34.3 Å². The maximum absolute atomic E-state index is 13.5. The molecule has 206 valence electrons. The number of ether oxygens (including phenoxy) is 2. The molecule has 3 atom stereocenters. The number of nitrogens with zero attached hydrogens (tertiary/aromatic N) is 7. The van der Waals surface area contributed by atoms with Crippen molar-refractivity contribution in [2.24, 2.45) is 0 Å². The first kappa shape index (κ1) is 25.2. The van der Waals surface area contributed by atoms with Crippen LogP contribution in [0.5, 0.6) is 5.88 Å². The Kier molecular flexibility index (Phi) is 6.28. The Balaban J connectivity index is 1.22. The highest BCUT2D eigenvalue weighted by molar-refractivity contribution is 5.68. The molecule has 3 fully saturated rings. The molecule has 3 aliphatic rings. The van der Waals surface area contributed by atoms with Crippen molar-refractivity contribution in [2.45, 2.75) is 76.7 Å². The maximum Gasteiger partial charge on any atom is 0.201 e. The van der Waals surface area contributed by atoms with Crippen LogP contribution in [0, 0.1) is 24.6 Å². The molecule has 0 amide bonds. The Hall–Kier alpha value is -3.81. The summed E-state index contributed by atoms with van der Waals surface area (Å²) in [5.41, 5.74) is 4.77. The van der Waals surface area contributed by atoms with Gasteiger partial charge in [0, 0.05) is 23.7 Å². The van der Waals surface area contributed by atoms with Crippen LogP contribution in [-0.2, 0) is 4.74 Å². The minimum absolute atomic E-state index is 0.331. The molecule has 0 aromatic carbocycles. The number of hydrogen-bond donors (Lipinski definition) is 0. The van der Waals surface area contributed by atoms with E-state index in [0.29, 0.717) is 41.4 Å². The first-order chi connectivity index (χ1) is 19.5. The van der Waals surface area contributed by atoms with Crippen LogP contribution < -0.4 is 4.74 Å². The van der Waals surface area contributed by atoms with Gasteiger partial charge in [-0.15, -0.1) is 5.10 Å². The number of pyridine rings is 2. The van der Waals surface area contributed by atoms with E-state index in [1.54, 1.807) is 19.2 Å². The van der Waals surface area contributed by atoms with Crippen LogP contribution in [0.2, 0.25) is 0 Å². The zero-order valence-electron chi connectivity index (χ0n) is 22.9. The van der Waals surface area contributed by atoms with E-state index in [4.69, 9.17) is 9.47 Å². The molecular weight excluding hydrogens is 509 g/mol. The van der Waals surface area contributed by atoms with Crippen molar-refractivity contribution < 1.29 is 13.9 Å². The molecule has 3 saturated heterocycles. The fraction of sp³-hybridized carbons (Fsp3) is 0.467. The summed E-state index contributed by atoms with van der Waals surface area (Å²) >= 11 is 0. The molecule has 2 bridgehead atoms. The average Bonchev–Trinajstić information content (AvgIpc) is 3.57. The third-order valence-electron chi connectivity index (χ3n) is 8.64. The topological polar surface area (TPSA) is 82.6 Å². The highest BCUT2D eigenvalue weighted by Gasteiger charge is 2.46. The first-order valence-corrected chi connectivity index (χ1v) is 14.0. The van der Waals surface area contributed by atoms with Crippen LogP contribution in [0.25, 0.3) is 16.9 Å². The predicted molar refractivity (Wildman–Crippen MR) is 146 cm³/mol. The second-order valence-corrected chi connectivity index (χ2v) is 11.1. The molecule has 3 unspecified atom stereocenters. The maximum atomic E-state index is 13.5. The van der Waals surface area contributed by atoms with E-state index in [1.807, 2.05) is 23.5 Å². The summed E-state index contributed by atoms with van der Waals surface area (Å²) in [6.45, 7) is 7.51. The zero-order chi connectivity index (χ0) is 27.4. The number of aromatic nitrogens is 6. The summed E-state index contributed by atoms with van der Waals surface area (Å²) < 4.78 is 29.4. The number of hydrogen-bond acceptors (Lipinski definition) is 7. The van der Waals surface area contributed by atoms with E-state index in [-0.39, 0.29) is 5.82 Å². The van der Waals surface area contributed by atoms with E-state index in [9.17, 15) is 4.39 Å². The van der Waals surface area contributed by atoms with Gasteiger partial charge in [-0.3, -0.25) is 14.3 Å². The summed E-state index contributed by atoms with van der Waals surface area (Å²) in [5.74, 6) is 6.23. The van der Waals surface area contributed by atoms with Gasteiger partial charge in [0.15, 0.2) is 0 Å². The van der Waals surface area contributed by atoms with Crippen molar-refractivity contribution in [3.05, 3.63) is 59.6 Å². The lowest BCUT2D eigenvalue weighted by atomic mass is 9.94. The minimum Gasteiger partial charge on any atom is -0.469 e. The number of imidazole rings is 1. The van der Waals surface area contributed by atoms with E-state index in [2.05, 4.69) is 48.6 Å². The van der Waals surface area contributed by atoms with Crippen molar-refractivity contribution in [3.63, 3.8) is 0 Å². The van der Waals surface area contributed by atoms with Crippen LogP contribution in [0.4, 0.5) is 4.39 Å². The molecule has 0 radical (unpaired) electrons. The van der Waals surface area contributed by atoms with Gasteiger partial charge in [0.2, 0.25) is 5.88 Å². The molecular formula is C30H32FN7O2. The lowest BCUT2D eigenvalue weighted by Crippen LogP contribution is -2.56. The number of fused-ring (bicyclic) bond motifs is 3. The van der Waals surface area contributed by atoms with E-state index >= 15 is 0 Å².